The topological polar surface area (TPSA) is 58.4 Å². The molecule has 1 aliphatic rings. The number of aromatic nitrogens is 2. The van der Waals surface area contributed by atoms with Gasteiger partial charge in [0, 0.05) is 44.2 Å². The predicted octanol–water partition coefficient (Wildman–Crippen LogP) is 1.39. The molecule has 2 aromatic rings. The Hall–Kier alpha value is -2.28. The van der Waals surface area contributed by atoms with Gasteiger partial charge in [-0.25, -0.2) is 4.68 Å². The molecule has 0 saturated carbocycles. The number of piperazine rings is 1. The lowest BCUT2D eigenvalue weighted by molar-refractivity contribution is -0.130. The summed E-state index contributed by atoms with van der Waals surface area (Å²) in [6.45, 7) is 2.76. The van der Waals surface area contributed by atoms with E-state index >= 15 is 0 Å². The van der Waals surface area contributed by atoms with Gasteiger partial charge in [0.1, 0.15) is 0 Å². The Morgan fingerprint density at radius 2 is 1.84 bits per heavy atom. The Morgan fingerprint density at radius 1 is 1.16 bits per heavy atom. The van der Waals surface area contributed by atoms with Crippen molar-refractivity contribution >= 4 is 23.4 Å². The van der Waals surface area contributed by atoms with Gasteiger partial charge >= 0.3 is 0 Å². The molecule has 1 aromatic heterocycles. The first-order chi connectivity index (χ1) is 12.1. The second-order valence-electron chi connectivity index (χ2n) is 6.07. The maximum Gasteiger partial charge on any atom is 0.268 e. The average Bonchev–Trinajstić information content (AvgIpc) is 2.65. The fourth-order valence-electron chi connectivity index (χ4n) is 2.88. The summed E-state index contributed by atoms with van der Waals surface area (Å²) in [4.78, 5) is 29.4. The van der Waals surface area contributed by atoms with Crippen LogP contribution in [-0.4, -0.2) is 53.0 Å². The van der Waals surface area contributed by atoms with E-state index in [1.54, 1.807) is 31.1 Å². The van der Waals surface area contributed by atoms with E-state index in [-0.39, 0.29) is 11.5 Å². The van der Waals surface area contributed by atoms with E-state index in [1.807, 2.05) is 35.4 Å². The maximum absolute atomic E-state index is 12.5. The minimum absolute atomic E-state index is 0.121. The molecule has 25 heavy (non-hydrogen) atoms. The van der Waals surface area contributed by atoms with Crippen LogP contribution in [0.1, 0.15) is 5.56 Å². The highest BCUT2D eigenvalue weighted by Gasteiger charge is 2.21. The second-order valence-corrected chi connectivity index (χ2v) is 6.95. The molecule has 2 heterocycles. The van der Waals surface area contributed by atoms with Crippen LogP contribution in [0, 0.1) is 0 Å². The lowest BCUT2D eigenvalue weighted by atomic mass is 10.1. The minimum atomic E-state index is -0.121. The lowest BCUT2D eigenvalue weighted by Crippen LogP contribution is -2.49. The number of hydrogen-bond donors (Lipinski definition) is 0. The molecule has 1 aliphatic heterocycles. The number of hydrogen-bond acceptors (Lipinski definition) is 5. The summed E-state index contributed by atoms with van der Waals surface area (Å²) in [5.74, 6) is 0.152. The number of rotatable bonds is 4. The van der Waals surface area contributed by atoms with Crippen molar-refractivity contribution in [3.8, 4) is 0 Å². The van der Waals surface area contributed by atoms with Gasteiger partial charge in [-0.05, 0) is 24.0 Å². The van der Waals surface area contributed by atoms with E-state index in [2.05, 4.69) is 10.00 Å². The molecule has 0 atom stereocenters. The van der Waals surface area contributed by atoms with Crippen LogP contribution in [0.4, 0.5) is 5.69 Å². The van der Waals surface area contributed by atoms with Gasteiger partial charge in [0.25, 0.3) is 5.56 Å². The zero-order valence-electron chi connectivity index (χ0n) is 14.5. The Bertz CT molecular complexity index is 795. The molecule has 1 fully saturated rings. The minimum Gasteiger partial charge on any atom is -0.367 e. The fraction of sp³-hybridized carbons (Fsp3) is 0.389. The van der Waals surface area contributed by atoms with Gasteiger partial charge in [0.15, 0.2) is 0 Å². The van der Waals surface area contributed by atoms with Gasteiger partial charge < -0.3 is 9.80 Å². The maximum atomic E-state index is 12.5. The predicted molar refractivity (Wildman–Crippen MR) is 100 cm³/mol. The standard InChI is InChI=1S/C18H22N4O2S/c1-20-17(23)12-15(13-19-20)21-7-9-22(10-8-21)18(24)11-14-3-5-16(25-2)6-4-14/h3-6,12-13H,7-11H2,1-2H3. The molecule has 0 spiro atoms. The average molecular weight is 358 g/mol. The Kier molecular flexibility index (Phi) is 5.43. The molecule has 1 amide bonds. The highest BCUT2D eigenvalue weighted by atomic mass is 32.2. The molecule has 6 nitrogen and oxygen atoms in total. The van der Waals surface area contributed by atoms with Crippen molar-refractivity contribution in [3.05, 3.63) is 52.4 Å². The van der Waals surface area contributed by atoms with Gasteiger partial charge in [-0.15, -0.1) is 11.8 Å². The molecule has 3 rings (SSSR count). The number of amides is 1. The van der Waals surface area contributed by atoms with E-state index in [1.165, 1.54) is 9.58 Å². The SMILES string of the molecule is CSc1ccc(CC(=O)N2CCN(c3cnn(C)c(=O)c3)CC2)cc1. The summed E-state index contributed by atoms with van der Waals surface area (Å²) in [7, 11) is 1.63. The van der Waals surface area contributed by atoms with E-state index in [0.29, 0.717) is 32.6 Å². The van der Waals surface area contributed by atoms with Gasteiger partial charge in [-0.1, -0.05) is 12.1 Å². The molecule has 0 unspecified atom stereocenters. The van der Waals surface area contributed by atoms with Crippen LogP contribution < -0.4 is 10.5 Å². The van der Waals surface area contributed by atoms with E-state index in [0.717, 1.165) is 11.3 Å². The second kappa shape index (κ2) is 7.74. The van der Waals surface area contributed by atoms with Gasteiger partial charge in [0.05, 0.1) is 18.3 Å². The van der Waals surface area contributed by atoms with Crippen LogP contribution in [-0.2, 0) is 18.3 Å². The molecule has 0 bridgehead atoms. The van der Waals surface area contributed by atoms with E-state index < -0.39 is 0 Å². The molecule has 1 aromatic carbocycles. The van der Waals surface area contributed by atoms with Gasteiger partial charge in [-0.3, -0.25) is 9.59 Å². The summed E-state index contributed by atoms with van der Waals surface area (Å²) in [5.41, 5.74) is 1.74. The summed E-state index contributed by atoms with van der Waals surface area (Å²) in [6, 6.07) is 9.73. The Labute approximate surface area is 151 Å². The number of carbonyl (C=O) groups excluding carboxylic acids is 1. The molecule has 0 N–H and O–H groups in total. The van der Waals surface area contributed by atoms with Crippen molar-refractivity contribution in [3.63, 3.8) is 0 Å². The molecular formula is C18H22N4O2S. The smallest absolute Gasteiger partial charge is 0.268 e. The number of benzene rings is 1. The zero-order chi connectivity index (χ0) is 17.8. The van der Waals surface area contributed by atoms with Crippen molar-refractivity contribution in [1.82, 2.24) is 14.7 Å². The molecular weight excluding hydrogens is 336 g/mol. The first kappa shape index (κ1) is 17.5. The number of thioether (sulfide) groups is 1. The van der Waals surface area contributed by atoms with Crippen LogP contribution in [0.3, 0.4) is 0 Å². The Morgan fingerprint density at radius 3 is 2.44 bits per heavy atom. The highest BCUT2D eigenvalue weighted by molar-refractivity contribution is 7.98. The first-order valence-corrected chi connectivity index (χ1v) is 9.48. The fourth-order valence-corrected chi connectivity index (χ4v) is 3.28. The van der Waals surface area contributed by atoms with Crippen molar-refractivity contribution in [2.75, 3.05) is 37.3 Å². The third kappa shape index (κ3) is 4.22. The highest BCUT2D eigenvalue weighted by Crippen LogP contribution is 2.17. The third-order valence-corrected chi connectivity index (χ3v) is 5.21. The monoisotopic (exact) mass is 358 g/mol. The number of nitrogens with zero attached hydrogens (tertiary/aromatic N) is 4. The van der Waals surface area contributed by atoms with E-state index in [4.69, 9.17) is 0 Å². The van der Waals surface area contributed by atoms with Gasteiger partial charge in [-0.2, -0.15) is 5.10 Å². The quantitative estimate of drug-likeness (QED) is 0.773. The number of aryl methyl sites for hydroxylation is 1. The largest absolute Gasteiger partial charge is 0.367 e. The van der Waals surface area contributed by atoms with Crippen molar-refractivity contribution in [2.24, 2.45) is 7.05 Å². The van der Waals surface area contributed by atoms with Crippen LogP contribution in [0.25, 0.3) is 0 Å². The first-order valence-electron chi connectivity index (χ1n) is 8.26. The molecule has 1 saturated heterocycles. The van der Waals surface area contributed by atoms with Crippen LogP contribution in [0.5, 0.6) is 0 Å². The van der Waals surface area contributed by atoms with Crippen molar-refractivity contribution in [1.29, 1.82) is 0 Å². The van der Waals surface area contributed by atoms with Crippen LogP contribution in [0.15, 0.2) is 46.2 Å². The summed E-state index contributed by atoms with van der Waals surface area (Å²) >= 11 is 1.69. The lowest BCUT2D eigenvalue weighted by Gasteiger charge is -2.36. The van der Waals surface area contributed by atoms with Crippen molar-refractivity contribution in [2.45, 2.75) is 11.3 Å². The molecule has 7 heteroatoms. The number of carbonyl (C=O) groups is 1. The summed E-state index contributed by atoms with van der Waals surface area (Å²) in [5, 5.41) is 4.06. The zero-order valence-corrected chi connectivity index (χ0v) is 15.3. The number of anilines is 1. The van der Waals surface area contributed by atoms with Crippen molar-refractivity contribution < 1.29 is 4.79 Å². The van der Waals surface area contributed by atoms with E-state index in [9.17, 15) is 9.59 Å². The molecule has 132 valence electrons. The van der Waals surface area contributed by atoms with Gasteiger partial charge in [0.2, 0.25) is 5.91 Å². The van der Waals surface area contributed by atoms with Crippen LogP contribution in [0.2, 0.25) is 0 Å². The normalized spacial score (nSPS) is 14.6. The molecule has 0 aliphatic carbocycles. The summed E-state index contributed by atoms with van der Waals surface area (Å²) < 4.78 is 1.31. The van der Waals surface area contributed by atoms with Crippen LogP contribution >= 0.6 is 11.8 Å². The third-order valence-electron chi connectivity index (χ3n) is 4.47. The Balaban J connectivity index is 1.56. The summed E-state index contributed by atoms with van der Waals surface area (Å²) in [6.07, 6.45) is 4.17. The molecule has 0 radical (unpaired) electrons.